The molecule has 0 aliphatic carbocycles. The number of anilines is 2. The summed E-state index contributed by atoms with van der Waals surface area (Å²) in [5.41, 5.74) is 7.88. The highest BCUT2D eigenvalue weighted by molar-refractivity contribution is 9.11. The van der Waals surface area contributed by atoms with Crippen LogP contribution in [-0.2, 0) is 4.79 Å². The van der Waals surface area contributed by atoms with Crippen LogP contribution in [0.5, 0.6) is 5.75 Å². The molecular weight excluding hydrogens is 526 g/mol. The second kappa shape index (κ2) is 9.32. The van der Waals surface area contributed by atoms with Crippen LogP contribution in [0.15, 0.2) is 63.7 Å². The lowest BCUT2D eigenvalue weighted by Gasteiger charge is -2.37. The van der Waals surface area contributed by atoms with Crippen molar-refractivity contribution < 1.29 is 9.53 Å². The number of aromatic nitrogens is 2. The Morgan fingerprint density at radius 2 is 1.77 bits per heavy atom. The van der Waals surface area contributed by atoms with E-state index in [4.69, 9.17) is 10.5 Å². The molecule has 7 nitrogen and oxygen atoms in total. The molecule has 0 bridgehead atoms. The number of benzene rings is 2. The number of carbonyl (C=O) groups excluding carboxylic acids is 1. The Bertz CT molecular complexity index is 1050. The lowest BCUT2D eigenvalue weighted by atomic mass is 10.1. The molecule has 31 heavy (non-hydrogen) atoms. The van der Waals surface area contributed by atoms with E-state index in [0.29, 0.717) is 23.4 Å². The van der Waals surface area contributed by atoms with Crippen LogP contribution >= 0.6 is 31.9 Å². The normalized spacial score (nSPS) is 15.1. The van der Waals surface area contributed by atoms with Crippen molar-refractivity contribution >= 4 is 49.3 Å². The summed E-state index contributed by atoms with van der Waals surface area (Å²) in [6.07, 6.45) is 1.76. The van der Waals surface area contributed by atoms with Gasteiger partial charge in [-0.25, -0.2) is 0 Å². The number of methoxy groups -OCH3 is 1. The van der Waals surface area contributed by atoms with E-state index < -0.39 is 6.04 Å². The van der Waals surface area contributed by atoms with Crippen molar-refractivity contribution in [2.24, 2.45) is 0 Å². The van der Waals surface area contributed by atoms with E-state index in [-0.39, 0.29) is 5.91 Å². The number of piperazine rings is 1. The Labute approximate surface area is 198 Å². The minimum Gasteiger partial charge on any atom is -0.495 e. The van der Waals surface area contributed by atoms with Crippen LogP contribution in [0.1, 0.15) is 11.6 Å². The number of nitrogens with two attached hydrogens (primary N) is 1. The molecule has 1 saturated heterocycles. The van der Waals surface area contributed by atoms with Crippen molar-refractivity contribution in [3.05, 3.63) is 69.2 Å². The average molecular weight is 549 g/mol. The summed E-state index contributed by atoms with van der Waals surface area (Å²) in [7, 11) is 1.66. The van der Waals surface area contributed by atoms with Crippen LogP contribution in [0.4, 0.5) is 11.5 Å². The summed E-state index contributed by atoms with van der Waals surface area (Å²) in [4.78, 5) is 17.7. The minimum absolute atomic E-state index is 0.00855. The smallest absolute Gasteiger partial charge is 0.252 e. The Kier molecular flexibility index (Phi) is 6.52. The molecule has 3 aromatic rings. The van der Waals surface area contributed by atoms with Crippen molar-refractivity contribution in [2.75, 3.05) is 43.9 Å². The summed E-state index contributed by atoms with van der Waals surface area (Å²) >= 11 is 6.89. The molecule has 2 N–H and O–H groups in total. The molecule has 9 heteroatoms. The third-order valence-electron chi connectivity index (χ3n) is 5.42. The number of carbonyl (C=O) groups is 1. The van der Waals surface area contributed by atoms with E-state index in [0.717, 1.165) is 34.6 Å². The lowest BCUT2D eigenvalue weighted by Crippen LogP contribution is -2.50. The molecule has 1 atom stereocenters. The zero-order valence-corrected chi connectivity index (χ0v) is 20.2. The van der Waals surface area contributed by atoms with E-state index in [9.17, 15) is 4.79 Å². The van der Waals surface area contributed by atoms with Gasteiger partial charge in [0.15, 0.2) is 11.9 Å². The molecule has 2 aromatic carbocycles. The van der Waals surface area contributed by atoms with E-state index in [1.807, 2.05) is 47.4 Å². The van der Waals surface area contributed by atoms with Crippen LogP contribution in [0, 0.1) is 0 Å². The van der Waals surface area contributed by atoms with Gasteiger partial charge in [0, 0.05) is 44.1 Å². The molecule has 0 radical (unpaired) electrons. The number of ether oxygens (including phenoxy) is 1. The van der Waals surface area contributed by atoms with Gasteiger partial charge in [-0.15, -0.1) is 0 Å². The maximum Gasteiger partial charge on any atom is 0.252 e. The van der Waals surface area contributed by atoms with Crippen molar-refractivity contribution in [3.63, 3.8) is 0 Å². The molecule has 1 unspecified atom stereocenters. The Hall–Kier alpha value is -2.52. The number of amides is 1. The van der Waals surface area contributed by atoms with Crippen molar-refractivity contribution in [2.45, 2.75) is 6.04 Å². The lowest BCUT2D eigenvalue weighted by molar-refractivity contribution is -0.134. The number of nitrogens with zero attached hydrogens (tertiary/aromatic N) is 4. The van der Waals surface area contributed by atoms with Gasteiger partial charge in [-0.2, -0.15) is 5.10 Å². The zero-order chi connectivity index (χ0) is 22.0. The molecule has 1 aliphatic heterocycles. The first kappa shape index (κ1) is 21.7. The third kappa shape index (κ3) is 4.57. The number of nitrogen functional groups attached to an aromatic ring is 1. The monoisotopic (exact) mass is 547 g/mol. The highest BCUT2D eigenvalue weighted by Gasteiger charge is 2.31. The number of hydrogen-bond donors (Lipinski definition) is 1. The van der Waals surface area contributed by atoms with Crippen LogP contribution < -0.4 is 15.4 Å². The van der Waals surface area contributed by atoms with Gasteiger partial charge in [0.1, 0.15) is 5.75 Å². The Morgan fingerprint density at radius 3 is 2.39 bits per heavy atom. The Balaban J connectivity index is 1.53. The van der Waals surface area contributed by atoms with Gasteiger partial charge in [-0.1, -0.05) is 30.3 Å². The predicted octanol–water partition coefficient (Wildman–Crippen LogP) is 3.94. The number of halogens is 2. The van der Waals surface area contributed by atoms with Crippen LogP contribution in [0.2, 0.25) is 0 Å². The molecule has 0 spiro atoms. The summed E-state index contributed by atoms with van der Waals surface area (Å²) < 4.78 is 8.65. The van der Waals surface area contributed by atoms with E-state index in [1.165, 1.54) is 0 Å². The molecule has 1 aromatic heterocycles. The van der Waals surface area contributed by atoms with Crippen LogP contribution in [0.25, 0.3) is 0 Å². The fourth-order valence-electron chi connectivity index (χ4n) is 3.76. The van der Waals surface area contributed by atoms with Crippen LogP contribution in [-0.4, -0.2) is 53.9 Å². The van der Waals surface area contributed by atoms with E-state index >= 15 is 0 Å². The van der Waals surface area contributed by atoms with E-state index in [1.54, 1.807) is 18.0 Å². The highest BCUT2D eigenvalue weighted by atomic mass is 79.9. The van der Waals surface area contributed by atoms with Gasteiger partial charge < -0.3 is 20.3 Å². The second-order valence-corrected chi connectivity index (χ2v) is 9.00. The van der Waals surface area contributed by atoms with Crippen molar-refractivity contribution in [3.8, 4) is 5.75 Å². The molecule has 1 aliphatic rings. The standard InChI is InChI=1S/C22H23Br2N5O2/c1-31-19-13-16(7-8-17(19)23)27-9-11-28(12-10-27)22(30)20(15-5-3-2-4-6-15)29-14-18(24)21(25)26-29/h2-8,13-14,20H,9-12H2,1H3,(H2,25,26). The predicted molar refractivity (Wildman–Crippen MR) is 128 cm³/mol. The topological polar surface area (TPSA) is 76.6 Å². The van der Waals surface area contributed by atoms with Gasteiger partial charge in [0.2, 0.25) is 0 Å². The summed E-state index contributed by atoms with van der Waals surface area (Å²) in [5, 5.41) is 4.36. The third-order valence-corrected chi connectivity index (χ3v) is 6.68. The molecule has 0 saturated carbocycles. The summed E-state index contributed by atoms with van der Waals surface area (Å²) in [6, 6.07) is 15.2. The molecule has 4 rings (SSSR count). The van der Waals surface area contributed by atoms with Crippen molar-refractivity contribution in [1.29, 1.82) is 0 Å². The Morgan fingerprint density at radius 1 is 1.06 bits per heavy atom. The van der Waals surface area contributed by atoms with Gasteiger partial charge in [0.05, 0.1) is 16.1 Å². The largest absolute Gasteiger partial charge is 0.495 e. The maximum absolute atomic E-state index is 13.6. The first-order chi connectivity index (χ1) is 15.0. The van der Waals surface area contributed by atoms with Crippen molar-refractivity contribution in [1.82, 2.24) is 14.7 Å². The molecule has 2 heterocycles. The molecular formula is C22H23Br2N5O2. The highest BCUT2D eigenvalue weighted by Crippen LogP contribution is 2.31. The fourth-order valence-corrected chi connectivity index (χ4v) is 4.46. The van der Waals surface area contributed by atoms with Gasteiger partial charge in [-0.3, -0.25) is 9.48 Å². The minimum atomic E-state index is -0.561. The van der Waals surface area contributed by atoms with Gasteiger partial charge >= 0.3 is 0 Å². The molecule has 162 valence electrons. The second-order valence-electron chi connectivity index (χ2n) is 7.29. The zero-order valence-electron chi connectivity index (χ0n) is 17.0. The summed E-state index contributed by atoms with van der Waals surface area (Å²) in [6.45, 7) is 2.73. The SMILES string of the molecule is COc1cc(N2CCN(C(=O)C(c3ccccc3)n3cc(Br)c(N)n3)CC2)ccc1Br. The average Bonchev–Trinajstić information content (AvgIpc) is 3.12. The van der Waals surface area contributed by atoms with Gasteiger partial charge in [0.25, 0.3) is 5.91 Å². The van der Waals surface area contributed by atoms with Gasteiger partial charge in [-0.05, 0) is 49.6 Å². The first-order valence-corrected chi connectivity index (χ1v) is 11.5. The quantitative estimate of drug-likeness (QED) is 0.522. The maximum atomic E-state index is 13.6. The molecule has 1 fully saturated rings. The number of hydrogen-bond acceptors (Lipinski definition) is 5. The van der Waals surface area contributed by atoms with E-state index in [2.05, 4.69) is 47.9 Å². The summed E-state index contributed by atoms with van der Waals surface area (Å²) in [5.74, 6) is 1.17. The molecule has 1 amide bonds. The van der Waals surface area contributed by atoms with Crippen LogP contribution in [0.3, 0.4) is 0 Å². The number of rotatable bonds is 5. The first-order valence-electron chi connectivity index (χ1n) is 9.90. The fraction of sp³-hybridized carbons (Fsp3) is 0.273.